The number of aromatic nitrogens is 1. The molecule has 0 saturated carbocycles. The van der Waals surface area contributed by atoms with Crippen LogP contribution in [0.4, 0.5) is 6.01 Å². The monoisotopic (exact) mass is 334 g/mol. The van der Waals surface area contributed by atoms with Crippen molar-refractivity contribution in [3.05, 3.63) is 47.7 Å². The van der Waals surface area contributed by atoms with Crippen molar-refractivity contribution in [2.24, 2.45) is 0 Å². The van der Waals surface area contributed by atoms with Crippen molar-refractivity contribution in [3.8, 4) is 11.3 Å². The summed E-state index contributed by atoms with van der Waals surface area (Å²) in [6.07, 6.45) is 2.84. The van der Waals surface area contributed by atoms with Gasteiger partial charge in [-0.15, -0.1) is 0 Å². The van der Waals surface area contributed by atoms with Gasteiger partial charge in [0.15, 0.2) is 5.69 Å². The number of nitrogens with two attached hydrogens (primary N) is 1. The van der Waals surface area contributed by atoms with Crippen molar-refractivity contribution in [2.75, 3.05) is 25.5 Å². The van der Waals surface area contributed by atoms with Crippen LogP contribution >= 0.6 is 11.6 Å². The largest absolute Gasteiger partial charge is 0.450 e. The van der Waals surface area contributed by atoms with Crippen LogP contribution in [0.3, 0.4) is 0 Å². The zero-order valence-corrected chi connectivity index (χ0v) is 13.2. The molecule has 3 N–H and O–H groups in total. The van der Waals surface area contributed by atoms with Gasteiger partial charge in [-0.3, -0.25) is 10.5 Å². The van der Waals surface area contributed by atoms with Crippen molar-refractivity contribution >= 4 is 23.5 Å². The van der Waals surface area contributed by atoms with Gasteiger partial charge in [-0.05, 0) is 29.8 Å². The van der Waals surface area contributed by atoms with Crippen LogP contribution < -0.4 is 10.7 Å². The van der Waals surface area contributed by atoms with E-state index in [0.29, 0.717) is 30.5 Å². The van der Waals surface area contributed by atoms with Crippen molar-refractivity contribution < 1.29 is 18.9 Å². The van der Waals surface area contributed by atoms with Gasteiger partial charge in [-0.25, -0.2) is 4.98 Å². The lowest BCUT2D eigenvalue weighted by molar-refractivity contribution is -0.351. The number of ether oxygens (including phenoxy) is 1. The van der Waals surface area contributed by atoms with Gasteiger partial charge in [-0.1, -0.05) is 18.2 Å². The molecule has 1 aliphatic heterocycles. The lowest BCUT2D eigenvalue weighted by Gasteiger charge is -2.35. The summed E-state index contributed by atoms with van der Waals surface area (Å²) in [5.74, 6) is -0.126. The number of morpholine rings is 1. The SMILES string of the molecule is C=CC(=O)N1CCOCC1c1cc(Cl)cc(-c2coc(N)[nH+]2)c1. The first-order valence-electron chi connectivity index (χ1n) is 7.16. The molecule has 120 valence electrons. The fourth-order valence-electron chi connectivity index (χ4n) is 2.68. The van der Waals surface area contributed by atoms with E-state index in [1.165, 1.54) is 12.3 Å². The second-order valence-corrected chi connectivity index (χ2v) is 5.67. The second-order valence-electron chi connectivity index (χ2n) is 5.24. The minimum Gasteiger partial charge on any atom is -0.396 e. The van der Waals surface area contributed by atoms with Crippen molar-refractivity contribution in [2.45, 2.75) is 6.04 Å². The molecule has 2 aromatic rings. The van der Waals surface area contributed by atoms with E-state index in [9.17, 15) is 4.79 Å². The molecule has 23 heavy (non-hydrogen) atoms. The summed E-state index contributed by atoms with van der Waals surface area (Å²) in [5, 5.41) is 0.558. The number of hydrogen-bond donors (Lipinski definition) is 1. The Kier molecular flexibility index (Phi) is 4.36. The number of benzene rings is 1. The molecular weight excluding hydrogens is 318 g/mol. The van der Waals surface area contributed by atoms with Gasteiger partial charge in [0.1, 0.15) is 6.26 Å². The minimum absolute atomic E-state index is 0.126. The van der Waals surface area contributed by atoms with Crippen LogP contribution in [0.2, 0.25) is 5.02 Å². The number of nitrogens with zero attached hydrogens (tertiary/aromatic N) is 1. The number of nitrogens with one attached hydrogen (secondary N) is 1. The maximum atomic E-state index is 12.1. The first-order chi connectivity index (χ1) is 11.1. The number of anilines is 1. The molecule has 0 bridgehead atoms. The Morgan fingerprint density at radius 1 is 1.48 bits per heavy atom. The van der Waals surface area contributed by atoms with Gasteiger partial charge in [0, 0.05) is 17.1 Å². The van der Waals surface area contributed by atoms with Crippen LogP contribution in [0.25, 0.3) is 11.3 Å². The van der Waals surface area contributed by atoms with Crippen LogP contribution in [-0.4, -0.2) is 30.6 Å². The Morgan fingerprint density at radius 2 is 2.30 bits per heavy atom. The molecule has 1 aliphatic rings. The number of oxazole rings is 1. The Labute approximate surface area is 138 Å². The number of hydrogen-bond acceptors (Lipinski definition) is 4. The van der Waals surface area contributed by atoms with Crippen LogP contribution in [0.15, 0.2) is 41.5 Å². The number of halogens is 1. The highest BCUT2D eigenvalue weighted by molar-refractivity contribution is 6.30. The van der Waals surface area contributed by atoms with E-state index >= 15 is 0 Å². The average molecular weight is 335 g/mol. The van der Waals surface area contributed by atoms with Gasteiger partial charge in [0.2, 0.25) is 5.91 Å². The highest BCUT2D eigenvalue weighted by Crippen LogP contribution is 2.30. The standard InChI is InChI=1S/C16H16ClN3O3/c1-2-15(21)20-3-4-22-9-14(20)11-5-10(6-12(17)7-11)13-8-23-16(18)19-13/h2,5-8,14H,1,3-4,9H2,(H2,18,19)/p+1. The molecule has 3 rings (SSSR count). The highest BCUT2D eigenvalue weighted by Gasteiger charge is 2.28. The maximum Gasteiger partial charge on any atom is 0.450 e. The summed E-state index contributed by atoms with van der Waals surface area (Å²) in [6.45, 7) is 5.00. The fourth-order valence-corrected chi connectivity index (χ4v) is 2.92. The molecule has 7 heteroatoms. The molecular formula is C16H17ClN3O3+. The van der Waals surface area contributed by atoms with Crippen LogP contribution in [0.5, 0.6) is 0 Å². The molecule has 1 aromatic carbocycles. The van der Waals surface area contributed by atoms with Gasteiger partial charge < -0.3 is 14.1 Å². The van der Waals surface area contributed by atoms with E-state index in [0.717, 1.165) is 11.1 Å². The van der Waals surface area contributed by atoms with Gasteiger partial charge >= 0.3 is 6.01 Å². The van der Waals surface area contributed by atoms with Crippen molar-refractivity contribution in [1.29, 1.82) is 0 Å². The Hall–Kier alpha value is -2.31. The summed E-state index contributed by atoms with van der Waals surface area (Å²) in [4.78, 5) is 16.7. The number of aromatic amines is 1. The predicted molar refractivity (Wildman–Crippen MR) is 85.6 cm³/mol. The second kappa shape index (κ2) is 6.44. The van der Waals surface area contributed by atoms with E-state index in [-0.39, 0.29) is 18.0 Å². The van der Waals surface area contributed by atoms with E-state index in [1.807, 2.05) is 12.1 Å². The molecule has 2 heterocycles. The Morgan fingerprint density at radius 3 is 3.00 bits per heavy atom. The smallest absolute Gasteiger partial charge is 0.396 e. The van der Waals surface area contributed by atoms with Gasteiger partial charge in [0.05, 0.1) is 19.3 Å². The van der Waals surface area contributed by atoms with Gasteiger partial charge in [-0.2, -0.15) is 0 Å². The number of nitrogen functional groups attached to an aromatic ring is 1. The first-order valence-corrected chi connectivity index (χ1v) is 7.54. The number of H-pyrrole nitrogens is 1. The number of rotatable bonds is 3. The molecule has 1 atom stereocenters. The summed E-state index contributed by atoms with van der Waals surface area (Å²) in [5.41, 5.74) is 8.00. The van der Waals surface area contributed by atoms with E-state index in [2.05, 4.69) is 11.6 Å². The first kappa shape index (κ1) is 15.6. The Balaban J connectivity index is 1.99. The third-order valence-electron chi connectivity index (χ3n) is 3.76. The minimum atomic E-state index is -0.212. The number of amides is 1. The zero-order chi connectivity index (χ0) is 16.4. The molecule has 0 radical (unpaired) electrons. The van der Waals surface area contributed by atoms with Crippen LogP contribution in [0.1, 0.15) is 11.6 Å². The predicted octanol–water partition coefficient (Wildman–Crippen LogP) is 2.08. The fraction of sp³-hybridized carbons (Fsp3) is 0.250. The number of carbonyl (C=O) groups is 1. The zero-order valence-electron chi connectivity index (χ0n) is 12.4. The summed E-state index contributed by atoms with van der Waals surface area (Å²) >= 11 is 6.25. The lowest BCUT2D eigenvalue weighted by Crippen LogP contribution is -2.42. The van der Waals surface area contributed by atoms with Crippen LogP contribution in [0, 0.1) is 0 Å². The Bertz CT molecular complexity index is 744. The van der Waals surface area contributed by atoms with E-state index in [4.69, 9.17) is 26.5 Å². The van der Waals surface area contributed by atoms with Crippen LogP contribution in [-0.2, 0) is 9.53 Å². The lowest BCUT2D eigenvalue weighted by atomic mass is 10.0. The molecule has 0 spiro atoms. The van der Waals surface area contributed by atoms with Gasteiger partial charge in [0.25, 0.3) is 0 Å². The molecule has 1 amide bonds. The highest BCUT2D eigenvalue weighted by atomic mass is 35.5. The third-order valence-corrected chi connectivity index (χ3v) is 3.98. The number of carbonyl (C=O) groups excluding carboxylic acids is 1. The maximum absolute atomic E-state index is 12.1. The van der Waals surface area contributed by atoms with Crippen molar-refractivity contribution in [1.82, 2.24) is 4.90 Å². The topological polar surface area (TPSA) is 82.8 Å². The third kappa shape index (κ3) is 3.23. The molecule has 6 nitrogen and oxygen atoms in total. The molecule has 1 fully saturated rings. The summed E-state index contributed by atoms with van der Waals surface area (Å²) < 4.78 is 10.6. The normalized spacial score (nSPS) is 18.0. The molecule has 1 unspecified atom stereocenters. The quantitative estimate of drug-likeness (QED) is 0.871. The van der Waals surface area contributed by atoms with E-state index in [1.54, 1.807) is 11.0 Å². The van der Waals surface area contributed by atoms with E-state index < -0.39 is 0 Å². The average Bonchev–Trinajstić information content (AvgIpc) is 3.00. The van der Waals surface area contributed by atoms with Crippen molar-refractivity contribution in [3.63, 3.8) is 0 Å². The molecule has 0 aliphatic carbocycles. The summed E-state index contributed by atoms with van der Waals surface area (Å²) in [6, 6.07) is 5.57. The summed E-state index contributed by atoms with van der Waals surface area (Å²) in [7, 11) is 0. The molecule has 1 saturated heterocycles. The molecule has 1 aromatic heterocycles.